The number of ether oxygens (including phenoxy) is 2. The second kappa shape index (κ2) is 7.12. The number of nitrogens with one attached hydrogen (secondary N) is 1. The lowest BCUT2D eigenvalue weighted by molar-refractivity contribution is 0.0386. The Bertz CT molecular complexity index is 410. The van der Waals surface area contributed by atoms with E-state index in [0.717, 1.165) is 28.4 Å². The van der Waals surface area contributed by atoms with E-state index < -0.39 is 6.10 Å². The van der Waals surface area contributed by atoms with E-state index in [1.807, 2.05) is 18.2 Å². The molecule has 0 bridgehead atoms. The van der Waals surface area contributed by atoms with Gasteiger partial charge < -0.3 is 19.9 Å². The molecule has 0 heterocycles. The molecular weight excluding hydrogens is 310 g/mol. The van der Waals surface area contributed by atoms with E-state index in [1.54, 1.807) is 7.11 Å². The van der Waals surface area contributed by atoms with Gasteiger partial charge in [0, 0.05) is 23.7 Å². The fourth-order valence-electron chi connectivity index (χ4n) is 1.71. The third kappa shape index (κ3) is 5.01. The van der Waals surface area contributed by atoms with Gasteiger partial charge in [-0.05, 0) is 46.8 Å². The largest absolute Gasteiger partial charge is 0.497 e. The van der Waals surface area contributed by atoms with E-state index >= 15 is 0 Å². The van der Waals surface area contributed by atoms with Gasteiger partial charge in [0.15, 0.2) is 0 Å². The van der Waals surface area contributed by atoms with Crippen LogP contribution in [0.5, 0.6) is 5.75 Å². The van der Waals surface area contributed by atoms with Crippen LogP contribution in [0.4, 0.5) is 5.69 Å². The fraction of sp³-hybridized carbons (Fsp3) is 0.571. The van der Waals surface area contributed by atoms with Crippen molar-refractivity contribution in [3.8, 4) is 5.75 Å². The van der Waals surface area contributed by atoms with E-state index in [0.29, 0.717) is 13.2 Å². The van der Waals surface area contributed by atoms with Crippen molar-refractivity contribution in [2.75, 3.05) is 32.2 Å². The van der Waals surface area contributed by atoms with E-state index in [9.17, 15) is 5.11 Å². The molecule has 1 aliphatic carbocycles. The first-order valence-electron chi connectivity index (χ1n) is 6.52. The number of aliphatic hydroxyl groups excluding tert-OH is 1. The Hall–Kier alpha value is -0.780. The number of hydrogen-bond acceptors (Lipinski definition) is 4. The SMILES string of the molecule is COc1ccc(Br)c(NCC(O)COCC2CC2)c1. The molecule has 0 aliphatic heterocycles. The van der Waals surface area contributed by atoms with Crippen LogP contribution in [0.1, 0.15) is 12.8 Å². The molecule has 0 amide bonds. The van der Waals surface area contributed by atoms with Gasteiger partial charge in [-0.1, -0.05) is 0 Å². The summed E-state index contributed by atoms with van der Waals surface area (Å²) in [5.74, 6) is 1.51. The zero-order valence-electron chi connectivity index (χ0n) is 11.1. The summed E-state index contributed by atoms with van der Waals surface area (Å²) in [5, 5.41) is 13.0. The average molecular weight is 330 g/mol. The maximum Gasteiger partial charge on any atom is 0.121 e. The van der Waals surface area contributed by atoms with E-state index in [-0.39, 0.29) is 0 Å². The predicted octanol–water partition coefficient (Wildman–Crippen LogP) is 2.66. The summed E-state index contributed by atoms with van der Waals surface area (Å²) in [5.41, 5.74) is 0.903. The first kappa shape index (κ1) is 14.6. The number of rotatable bonds is 8. The summed E-state index contributed by atoms with van der Waals surface area (Å²) in [6.07, 6.45) is 2.03. The highest BCUT2D eigenvalue weighted by atomic mass is 79.9. The molecule has 0 spiro atoms. The minimum absolute atomic E-state index is 0.380. The lowest BCUT2D eigenvalue weighted by atomic mass is 10.3. The first-order chi connectivity index (χ1) is 9.19. The number of hydrogen-bond donors (Lipinski definition) is 2. The summed E-state index contributed by atoms with van der Waals surface area (Å²) in [7, 11) is 1.63. The van der Waals surface area contributed by atoms with Gasteiger partial charge >= 0.3 is 0 Å². The van der Waals surface area contributed by atoms with E-state index in [4.69, 9.17) is 9.47 Å². The Labute approximate surface area is 122 Å². The topological polar surface area (TPSA) is 50.7 Å². The third-order valence-corrected chi connectivity index (χ3v) is 3.75. The molecule has 0 saturated heterocycles. The van der Waals surface area contributed by atoms with Gasteiger partial charge in [0.05, 0.1) is 25.5 Å². The van der Waals surface area contributed by atoms with Crippen LogP contribution >= 0.6 is 15.9 Å². The minimum Gasteiger partial charge on any atom is -0.497 e. The Morgan fingerprint density at radius 2 is 2.26 bits per heavy atom. The van der Waals surface area contributed by atoms with Crippen molar-refractivity contribution in [3.63, 3.8) is 0 Å². The zero-order chi connectivity index (χ0) is 13.7. The van der Waals surface area contributed by atoms with Gasteiger partial charge in [-0.15, -0.1) is 0 Å². The van der Waals surface area contributed by atoms with Crippen LogP contribution in [0, 0.1) is 5.92 Å². The maximum atomic E-state index is 9.83. The molecule has 1 aromatic rings. The second-order valence-electron chi connectivity index (χ2n) is 4.86. The molecule has 1 atom stereocenters. The minimum atomic E-state index is -0.503. The highest BCUT2D eigenvalue weighted by Crippen LogP contribution is 2.29. The second-order valence-corrected chi connectivity index (χ2v) is 5.72. The average Bonchev–Trinajstić information content (AvgIpc) is 3.22. The molecule has 5 heteroatoms. The van der Waals surface area contributed by atoms with Crippen molar-refractivity contribution in [3.05, 3.63) is 22.7 Å². The van der Waals surface area contributed by atoms with Crippen molar-refractivity contribution in [2.24, 2.45) is 5.92 Å². The van der Waals surface area contributed by atoms with Crippen molar-refractivity contribution >= 4 is 21.6 Å². The molecule has 4 nitrogen and oxygen atoms in total. The predicted molar refractivity (Wildman–Crippen MR) is 78.7 cm³/mol. The van der Waals surface area contributed by atoms with Crippen LogP contribution in [-0.4, -0.2) is 38.1 Å². The molecular formula is C14H20BrNO3. The number of aliphatic hydroxyl groups is 1. The van der Waals surface area contributed by atoms with E-state index in [2.05, 4.69) is 21.2 Å². The maximum absolute atomic E-state index is 9.83. The lowest BCUT2D eigenvalue weighted by Crippen LogP contribution is -2.25. The number of halogens is 1. The normalized spacial score (nSPS) is 16.2. The molecule has 1 saturated carbocycles. The van der Waals surface area contributed by atoms with Gasteiger partial charge in [-0.2, -0.15) is 0 Å². The third-order valence-electron chi connectivity index (χ3n) is 3.06. The molecule has 1 fully saturated rings. The molecule has 2 rings (SSSR count). The van der Waals surface area contributed by atoms with Crippen LogP contribution in [0.3, 0.4) is 0 Å². The van der Waals surface area contributed by atoms with Gasteiger partial charge in [0.2, 0.25) is 0 Å². The summed E-state index contributed by atoms with van der Waals surface area (Å²) >= 11 is 3.46. The zero-order valence-corrected chi connectivity index (χ0v) is 12.6. The van der Waals surface area contributed by atoms with Crippen LogP contribution in [-0.2, 0) is 4.74 Å². The summed E-state index contributed by atoms with van der Waals surface area (Å²) in [6, 6.07) is 5.68. The smallest absolute Gasteiger partial charge is 0.121 e. The molecule has 1 aromatic carbocycles. The van der Waals surface area contributed by atoms with Crippen molar-refractivity contribution < 1.29 is 14.6 Å². The Kier molecular flexibility index (Phi) is 5.48. The molecule has 0 radical (unpaired) electrons. The van der Waals surface area contributed by atoms with Crippen LogP contribution in [0.25, 0.3) is 0 Å². The van der Waals surface area contributed by atoms with Crippen LogP contribution in [0.2, 0.25) is 0 Å². The van der Waals surface area contributed by atoms with Gasteiger partial charge in [0.25, 0.3) is 0 Å². The first-order valence-corrected chi connectivity index (χ1v) is 7.31. The van der Waals surface area contributed by atoms with Gasteiger partial charge in [0.1, 0.15) is 5.75 Å². The number of benzene rings is 1. The summed E-state index contributed by atoms with van der Waals surface area (Å²) in [4.78, 5) is 0. The summed E-state index contributed by atoms with van der Waals surface area (Å²) in [6.45, 7) is 1.61. The number of methoxy groups -OCH3 is 1. The molecule has 1 unspecified atom stereocenters. The highest BCUT2D eigenvalue weighted by molar-refractivity contribution is 9.10. The lowest BCUT2D eigenvalue weighted by Gasteiger charge is -2.14. The Morgan fingerprint density at radius 3 is 2.95 bits per heavy atom. The van der Waals surface area contributed by atoms with Crippen molar-refractivity contribution in [1.29, 1.82) is 0 Å². The quantitative estimate of drug-likeness (QED) is 0.769. The molecule has 1 aliphatic rings. The molecule has 0 aromatic heterocycles. The van der Waals surface area contributed by atoms with Gasteiger partial charge in [-0.25, -0.2) is 0 Å². The monoisotopic (exact) mass is 329 g/mol. The Balaban J connectivity index is 1.73. The Morgan fingerprint density at radius 1 is 1.47 bits per heavy atom. The van der Waals surface area contributed by atoms with Gasteiger partial charge in [-0.3, -0.25) is 0 Å². The fourth-order valence-corrected chi connectivity index (χ4v) is 2.10. The standard InChI is InChI=1S/C14H20BrNO3/c1-18-12-4-5-13(15)14(6-12)16-7-11(17)9-19-8-10-2-3-10/h4-6,10-11,16-17H,2-3,7-9H2,1H3. The van der Waals surface area contributed by atoms with Crippen molar-refractivity contribution in [2.45, 2.75) is 18.9 Å². The van der Waals surface area contributed by atoms with Crippen LogP contribution in [0.15, 0.2) is 22.7 Å². The summed E-state index contributed by atoms with van der Waals surface area (Å²) < 4.78 is 11.6. The number of anilines is 1. The molecule has 2 N–H and O–H groups in total. The van der Waals surface area contributed by atoms with Crippen molar-refractivity contribution in [1.82, 2.24) is 0 Å². The molecule has 106 valence electrons. The van der Waals surface area contributed by atoms with Crippen LogP contribution < -0.4 is 10.1 Å². The van der Waals surface area contributed by atoms with E-state index in [1.165, 1.54) is 12.8 Å². The molecule has 19 heavy (non-hydrogen) atoms. The highest BCUT2D eigenvalue weighted by Gasteiger charge is 2.21.